The van der Waals surface area contributed by atoms with E-state index in [0.29, 0.717) is 28.3 Å². The average molecular weight is 738 g/mol. The zero-order valence-corrected chi connectivity index (χ0v) is 28.9. The van der Waals surface area contributed by atoms with Crippen LogP contribution in [0.15, 0.2) is 115 Å². The highest BCUT2D eigenvalue weighted by atomic mass is 35.5. The van der Waals surface area contributed by atoms with Crippen molar-refractivity contribution in [3.63, 3.8) is 0 Å². The molecule has 53 heavy (non-hydrogen) atoms. The van der Waals surface area contributed by atoms with Gasteiger partial charge in [-0.3, -0.25) is 24.2 Å². The van der Waals surface area contributed by atoms with E-state index in [0.717, 1.165) is 16.1 Å². The van der Waals surface area contributed by atoms with Crippen molar-refractivity contribution >= 4 is 46.4 Å². The number of alkyl halides is 3. The van der Waals surface area contributed by atoms with E-state index in [1.54, 1.807) is 78.9 Å². The summed E-state index contributed by atoms with van der Waals surface area (Å²) >= 11 is 6.29. The molecule has 4 aliphatic rings. The number of hydrazine groups is 1. The highest BCUT2D eigenvalue weighted by Crippen LogP contribution is 2.64. The lowest BCUT2D eigenvalue weighted by Crippen LogP contribution is -2.59. The van der Waals surface area contributed by atoms with Gasteiger partial charge in [-0.1, -0.05) is 102 Å². The number of phenols is 1. The predicted octanol–water partition coefficient (Wildman–Crippen LogP) is 7.34. The summed E-state index contributed by atoms with van der Waals surface area (Å²) < 4.78 is 41.0. The smallest absolute Gasteiger partial charge is 0.433 e. The van der Waals surface area contributed by atoms with Crippen molar-refractivity contribution in [1.82, 2.24) is 9.99 Å². The number of aromatic hydroxyl groups is 1. The van der Waals surface area contributed by atoms with Crippen molar-refractivity contribution in [2.24, 2.45) is 23.7 Å². The fraction of sp³-hybridized carbons (Fsp3) is 0.244. The van der Waals surface area contributed by atoms with Crippen LogP contribution in [0.2, 0.25) is 5.02 Å². The molecule has 6 atom stereocenters. The summed E-state index contributed by atoms with van der Waals surface area (Å²) in [5, 5.41) is 13.0. The summed E-state index contributed by atoms with van der Waals surface area (Å²) in [6.07, 6.45) is -1.49. The third-order valence-electron chi connectivity index (χ3n) is 11.3. The van der Waals surface area contributed by atoms with E-state index in [9.17, 15) is 32.7 Å². The molecular formula is C41H31ClF3N3O5. The van der Waals surface area contributed by atoms with Gasteiger partial charge in [0.1, 0.15) is 11.4 Å². The summed E-state index contributed by atoms with van der Waals surface area (Å²) in [7, 11) is 1.25. The highest BCUT2D eigenvalue weighted by molar-refractivity contribution is 6.33. The van der Waals surface area contributed by atoms with Crippen molar-refractivity contribution in [1.29, 1.82) is 0 Å². The highest BCUT2D eigenvalue weighted by Gasteiger charge is 2.66. The number of para-hydroxylation sites is 1. The fourth-order valence-electron chi connectivity index (χ4n) is 9.14. The Morgan fingerprint density at radius 3 is 2.21 bits per heavy atom. The molecule has 12 heteroatoms. The number of pyridine rings is 1. The van der Waals surface area contributed by atoms with E-state index in [1.807, 2.05) is 6.08 Å². The van der Waals surface area contributed by atoms with Crippen LogP contribution in [0.4, 0.5) is 19.0 Å². The lowest BCUT2D eigenvalue weighted by atomic mass is 9.44. The number of nitrogens with zero attached hydrogens (tertiary/aromatic N) is 3. The number of carbonyl (C=O) groups excluding carboxylic acids is 4. The number of Topliss-reactive ketones (excluding diaryl/α,β-unsaturated/α-hetero) is 1. The minimum atomic E-state index is -4.81. The van der Waals surface area contributed by atoms with Gasteiger partial charge < -0.3 is 5.11 Å². The van der Waals surface area contributed by atoms with Gasteiger partial charge in [0.05, 0.1) is 22.3 Å². The molecule has 0 spiro atoms. The van der Waals surface area contributed by atoms with E-state index in [4.69, 9.17) is 11.6 Å². The summed E-state index contributed by atoms with van der Waals surface area (Å²) in [6, 6.07) is 26.1. The average Bonchev–Trinajstić information content (AvgIpc) is 3.41. The zero-order valence-electron chi connectivity index (χ0n) is 28.1. The third-order valence-corrected chi connectivity index (χ3v) is 11.6. The van der Waals surface area contributed by atoms with Crippen LogP contribution in [0.3, 0.4) is 0 Å². The van der Waals surface area contributed by atoms with E-state index >= 15 is 4.79 Å². The standard InChI is InChI=1S/C41H31ClF3N3O5/c1-47(37-30(42)18-19-32(46-37)41(43,44)45)48-38(52)26-17-16-24-28(34(26)39(48)53)20-29-36(51)27(22-10-4-2-5-11-22)21-33(50)40(29,23-12-6-3-7-13-23)35(24)25-14-8-9-15-31(25)49/h2-16,18-19,21,26,28-29,34-35,49H,17,20H2,1H3. The van der Waals surface area contributed by atoms with Crippen LogP contribution in [0, 0.1) is 23.7 Å². The first kappa shape index (κ1) is 34.5. The molecule has 1 saturated carbocycles. The number of benzene rings is 3. The van der Waals surface area contributed by atoms with Crippen LogP contribution < -0.4 is 5.01 Å². The van der Waals surface area contributed by atoms with E-state index in [1.165, 1.54) is 19.2 Å². The first-order valence-electron chi connectivity index (χ1n) is 17.1. The summed E-state index contributed by atoms with van der Waals surface area (Å²) in [6.45, 7) is 0. The molecule has 1 saturated heterocycles. The van der Waals surface area contributed by atoms with Crippen molar-refractivity contribution in [2.45, 2.75) is 30.4 Å². The minimum absolute atomic E-state index is 0.0138. The molecule has 4 aromatic rings. The quantitative estimate of drug-likeness (QED) is 0.169. The number of carbonyl (C=O) groups is 4. The van der Waals surface area contributed by atoms with Crippen molar-refractivity contribution in [3.8, 4) is 5.75 Å². The van der Waals surface area contributed by atoms with Gasteiger partial charge >= 0.3 is 6.18 Å². The molecule has 8 nitrogen and oxygen atoms in total. The Morgan fingerprint density at radius 2 is 1.53 bits per heavy atom. The van der Waals surface area contributed by atoms with Gasteiger partial charge in [0, 0.05) is 30.0 Å². The van der Waals surface area contributed by atoms with Gasteiger partial charge in [-0.15, -0.1) is 0 Å². The monoisotopic (exact) mass is 737 g/mol. The number of anilines is 1. The van der Waals surface area contributed by atoms with Crippen LogP contribution in [0.1, 0.15) is 41.1 Å². The van der Waals surface area contributed by atoms with E-state index in [-0.39, 0.29) is 40.8 Å². The summed E-state index contributed by atoms with van der Waals surface area (Å²) in [5.74, 6) is -7.18. The third kappa shape index (κ3) is 5.15. The second kappa shape index (κ2) is 12.5. The molecule has 2 amide bonds. The number of aromatic nitrogens is 1. The van der Waals surface area contributed by atoms with Crippen LogP contribution >= 0.6 is 11.6 Å². The van der Waals surface area contributed by atoms with Gasteiger partial charge in [0.15, 0.2) is 17.4 Å². The Morgan fingerprint density at radius 1 is 0.868 bits per heavy atom. The van der Waals surface area contributed by atoms with Crippen LogP contribution in [-0.2, 0) is 30.8 Å². The maximum atomic E-state index is 15.0. The normalized spacial score (nSPS) is 26.7. The van der Waals surface area contributed by atoms with Crippen LogP contribution in [0.5, 0.6) is 5.75 Å². The molecule has 3 aliphatic carbocycles. The van der Waals surface area contributed by atoms with Gasteiger partial charge in [-0.05, 0) is 54.2 Å². The number of hydrogen-bond acceptors (Lipinski definition) is 7. The first-order chi connectivity index (χ1) is 25.4. The molecule has 8 rings (SSSR count). The van der Waals surface area contributed by atoms with Gasteiger partial charge in [0.2, 0.25) is 0 Å². The van der Waals surface area contributed by atoms with Crippen molar-refractivity contribution in [3.05, 3.63) is 142 Å². The molecule has 1 N–H and O–H groups in total. The molecule has 0 bridgehead atoms. The Labute approximate surface area is 307 Å². The molecule has 1 aliphatic heterocycles. The minimum Gasteiger partial charge on any atom is -0.508 e. The number of imide groups is 1. The SMILES string of the molecule is CN(c1nc(C(F)(F)F)ccc1Cl)N1C(=O)C2CC=C3C(CC4C(=O)C(c5ccccc5)=CC(=O)C4(c4ccccc4)C3c3ccccc3O)C2C1=O. The van der Waals surface area contributed by atoms with Crippen molar-refractivity contribution in [2.75, 3.05) is 12.1 Å². The second-order valence-electron chi connectivity index (χ2n) is 13.9. The summed E-state index contributed by atoms with van der Waals surface area (Å²) in [4.78, 5) is 62.4. The largest absolute Gasteiger partial charge is 0.508 e. The van der Waals surface area contributed by atoms with Crippen LogP contribution in [-0.4, -0.2) is 45.5 Å². The molecule has 3 aromatic carbocycles. The zero-order chi connectivity index (χ0) is 37.4. The molecular weight excluding hydrogens is 707 g/mol. The number of halogens is 4. The maximum Gasteiger partial charge on any atom is 0.433 e. The number of fused-ring (bicyclic) bond motifs is 4. The summed E-state index contributed by atoms with van der Waals surface area (Å²) in [5.41, 5.74) is -0.403. The number of phenolic OH excluding ortho intramolecular Hbond substituents is 1. The van der Waals surface area contributed by atoms with E-state index in [2.05, 4.69) is 4.98 Å². The first-order valence-corrected chi connectivity index (χ1v) is 17.5. The number of hydrogen-bond donors (Lipinski definition) is 1. The van der Waals surface area contributed by atoms with Gasteiger partial charge in [-0.2, -0.15) is 18.2 Å². The maximum absolute atomic E-state index is 15.0. The lowest BCUT2D eigenvalue weighted by Gasteiger charge is -2.55. The molecule has 268 valence electrons. The fourth-order valence-corrected chi connectivity index (χ4v) is 9.37. The molecule has 2 heterocycles. The predicted molar refractivity (Wildman–Crippen MR) is 189 cm³/mol. The number of allylic oxidation sites excluding steroid dienone is 4. The molecule has 1 aromatic heterocycles. The van der Waals surface area contributed by atoms with Gasteiger partial charge in [0.25, 0.3) is 11.8 Å². The van der Waals surface area contributed by atoms with Gasteiger partial charge in [-0.25, -0.2) is 4.98 Å². The Hall–Kier alpha value is -5.55. The lowest BCUT2D eigenvalue weighted by molar-refractivity contribution is -0.141. The Bertz CT molecular complexity index is 2260. The molecule has 6 unspecified atom stereocenters. The topological polar surface area (TPSA) is 108 Å². The molecule has 2 fully saturated rings. The number of ketones is 2. The van der Waals surface area contributed by atoms with Crippen LogP contribution in [0.25, 0.3) is 5.57 Å². The number of amides is 2. The Balaban J connectivity index is 1.30. The Kier molecular flexibility index (Phi) is 8.17. The number of rotatable bonds is 5. The van der Waals surface area contributed by atoms with E-state index < -0.39 is 64.5 Å². The van der Waals surface area contributed by atoms with Crippen molar-refractivity contribution < 1.29 is 37.5 Å². The molecule has 0 radical (unpaired) electrons. The second-order valence-corrected chi connectivity index (χ2v) is 14.3.